The van der Waals surface area contributed by atoms with Gasteiger partial charge in [-0.2, -0.15) is 13.2 Å². The molecule has 0 aromatic heterocycles. The van der Waals surface area contributed by atoms with E-state index in [1.165, 1.54) is 12.1 Å². The lowest BCUT2D eigenvalue weighted by atomic mass is 10.1. The Hall–Kier alpha value is -1.92. The second-order valence-electron chi connectivity index (χ2n) is 6.01. The van der Waals surface area contributed by atoms with Gasteiger partial charge in [0.2, 0.25) is 5.91 Å². The molecule has 1 N–H and O–H groups in total. The summed E-state index contributed by atoms with van der Waals surface area (Å²) < 4.78 is 42.9. The number of nitrogens with zero attached hydrogens (tertiary/aromatic N) is 1. The average Bonchev–Trinajstić information content (AvgIpc) is 3.21. The molecule has 0 bridgehead atoms. The summed E-state index contributed by atoms with van der Waals surface area (Å²) >= 11 is 0. The number of ether oxygens (including phenoxy) is 1. The highest BCUT2D eigenvalue weighted by molar-refractivity contribution is 5.80. The lowest BCUT2D eigenvalue weighted by Crippen LogP contribution is -2.37. The molecule has 1 atom stereocenters. The van der Waals surface area contributed by atoms with E-state index in [1.807, 2.05) is 11.8 Å². The Balaban J connectivity index is 1.68. The molecule has 4 nitrogen and oxygen atoms in total. The third kappa shape index (κ3) is 3.54. The minimum atomic E-state index is -4.47. The normalized spacial score (nSPS) is 19.7. The van der Waals surface area contributed by atoms with Gasteiger partial charge in [0.15, 0.2) is 0 Å². The number of hydrogen-bond acceptors (Lipinski definition) is 3. The Morgan fingerprint density at radius 3 is 2.74 bits per heavy atom. The minimum Gasteiger partial charge on any atom is -0.459 e. The van der Waals surface area contributed by atoms with Crippen LogP contribution in [-0.2, 0) is 11.2 Å². The van der Waals surface area contributed by atoms with Gasteiger partial charge < -0.3 is 15.0 Å². The molecule has 1 saturated carbocycles. The summed E-state index contributed by atoms with van der Waals surface area (Å²) in [7, 11) is 0. The fourth-order valence-corrected chi connectivity index (χ4v) is 2.75. The second kappa shape index (κ2) is 5.94. The van der Waals surface area contributed by atoms with Crippen molar-refractivity contribution in [3.8, 4) is 5.75 Å². The molecule has 2 aliphatic rings. The van der Waals surface area contributed by atoms with E-state index in [4.69, 9.17) is 4.74 Å². The van der Waals surface area contributed by atoms with Crippen LogP contribution in [0.3, 0.4) is 0 Å². The SMILES string of the molecule is CCCN(C(=O)Cc1ccc2c(c1)OC(C(F)(F)F)N2)C1CC1. The zero-order chi connectivity index (χ0) is 16.6. The number of carbonyl (C=O) groups excluding carboxylic acids is 1. The maximum absolute atomic E-state index is 12.7. The Labute approximate surface area is 132 Å². The van der Waals surface area contributed by atoms with Crippen molar-refractivity contribution in [3.63, 3.8) is 0 Å². The van der Waals surface area contributed by atoms with E-state index in [1.54, 1.807) is 6.07 Å². The molecule has 1 aromatic rings. The third-order valence-corrected chi connectivity index (χ3v) is 4.00. The fraction of sp³-hybridized carbons (Fsp3) is 0.562. The molecule has 0 saturated heterocycles. The third-order valence-electron chi connectivity index (χ3n) is 4.00. The van der Waals surface area contributed by atoms with Crippen molar-refractivity contribution in [1.82, 2.24) is 4.90 Å². The molecular formula is C16H19F3N2O2. The maximum Gasteiger partial charge on any atom is 0.445 e. The highest BCUT2D eigenvalue weighted by Gasteiger charge is 2.45. The Morgan fingerprint density at radius 2 is 2.13 bits per heavy atom. The quantitative estimate of drug-likeness (QED) is 0.901. The highest BCUT2D eigenvalue weighted by atomic mass is 19.4. The van der Waals surface area contributed by atoms with Gasteiger partial charge >= 0.3 is 6.18 Å². The number of anilines is 1. The van der Waals surface area contributed by atoms with Crippen LogP contribution in [0.25, 0.3) is 0 Å². The maximum atomic E-state index is 12.7. The summed E-state index contributed by atoms with van der Waals surface area (Å²) in [5.74, 6) is 0.165. The molecular weight excluding hydrogens is 309 g/mol. The number of fused-ring (bicyclic) bond motifs is 1. The van der Waals surface area contributed by atoms with Crippen LogP contribution in [0, 0.1) is 0 Å². The van der Waals surface area contributed by atoms with Gasteiger partial charge in [-0.1, -0.05) is 13.0 Å². The van der Waals surface area contributed by atoms with Crippen LogP contribution < -0.4 is 10.1 Å². The molecule has 0 radical (unpaired) electrons. The molecule has 7 heteroatoms. The molecule has 0 spiro atoms. The molecule has 126 valence electrons. The van der Waals surface area contributed by atoms with Crippen LogP contribution in [0.5, 0.6) is 5.75 Å². The van der Waals surface area contributed by atoms with Crippen LogP contribution in [-0.4, -0.2) is 35.8 Å². The summed E-state index contributed by atoms with van der Waals surface area (Å²) in [5.41, 5.74) is 0.969. The molecule has 1 fully saturated rings. The van der Waals surface area contributed by atoms with Crippen molar-refractivity contribution in [3.05, 3.63) is 23.8 Å². The molecule has 3 rings (SSSR count). The molecule has 1 aromatic carbocycles. The molecule has 1 aliphatic heterocycles. The zero-order valence-corrected chi connectivity index (χ0v) is 12.8. The smallest absolute Gasteiger partial charge is 0.445 e. The number of hydrogen-bond donors (Lipinski definition) is 1. The first-order valence-corrected chi connectivity index (χ1v) is 7.81. The molecule has 1 aliphatic carbocycles. The predicted octanol–water partition coefficient (Wildman–Crippen LogP) is 3.32. The highest BCUT2D eigenvalue weighted by Crippen LogP contribution is 2.38. The largest absolute Gasteiger partial charge is 0.459 e. The van der Waals surface area contributed by atoms with Crippen molar-refractivity contribution in [2.45, 2.75) is 51.1 Å². The van der Waals surface area contributed by atoms with Crippen LogP contribution in [0.2, 0.25) is 0 Å². The van der Waals surface area contributed by atoms with Gasteiger partial charge in [0.05, 0.1) is 12.1 Å². The van der Waals surface area contributed by atoms with Gasteiger partial charge in [-0.3, -0.25) is 4.79 Å². The number of nitrogens with one attached hydrogen (secondary N) is 1. The fourth-order valence-electron chi connectivity index (χ4n) is 2.75. The average molecular weight is 328 g/mol. The first-order chi connectivity index (χ1) is 10.9. The zero-order valence-electron chi connectivity index (χ0n) is 12.8. The van der Waals surface area contributed by atoms with Gasteiger partial charge in [-0.25, -0.2) is 0 Å². The van der Waals surface area contributed by atoms with E-state index in [0.29, 0.717) is 17.3 Å². The monoisotopic (exact) mass is 328 g/mol. The number of amides is 1. The summed E-state index contributed by atoms with van der Waals surface area (Å²) in [6, 6.07) is 5.06. The van der Waals surface area contributed by atoms with E-state index >= 15 is 0 Å². The number of alkyl halides is 3. The van der Waals surface area contributed by atoms with E-state index < -0.39 is 12.4 Å². The van der Waals surface area contributed by atoms with Gasteiger partial charge in [0, 0.05) is 12.6 Å². The van der Waals surface area contributed by atoms with Crippen molar-refractivity contribution in [1.29, 1.82) is 0 Å². The van der Waals surface area contributed by atoms with E-state index in [9.17, 15) is 18.0 Å². The van der Waals surface area contributed by atoms with Crippen LogP contribution in [0.4, 0.5) is 18.9 Å². The van der Waals surface area contributed by atoms with E-state index in [2.05, 4.69) is 5.32 Å². The van der Waals surface area contributed by atoms with Crippen molar-refractivity contribution in [2.75, 3.05) is 11.9 Å². The lowest BCUT2D eigenvalue weighted by molar-refractivity contribution is -0.182. The summed E-state index contributed by atoms with van der Waals surface area (Å²) in [6.07, 6.45) is -3.34. The summed E-state index contributed by atoms with van der Waals surface area (Å²) in [4.78, 5) is 14.3. The topological polar surface area (TPSA) is 41.6 Å². The summed E-state index contributed by atoms with van der Waals surface area (Å²) in [5, 5.41) is 2.28. The van der Waals surface area contributed by atoms with Gasteiger partial charge in [0.1, 0.15) is 5.75 Å². The summed E-state index contributed by atoms with van der Waals surface area (Å²) in [6.45, 7) is 2.75. The van der Waals surface area contributed by atoms with Crippen molar-refractivity contribution < 1.29 is 22.7 Å². The molecule has 23 heavy (non-hydrogen) atoms. The number of halogens is 3. The Bertz CT molecular complexity index is 599. The standard InChI is InChI=1S/C16H19F3N2O2/c1-2-7-21(11-4-5-11)14(22)9-10-3-6-12-13(8-10)23-15(20-12)16(17,18)19/h3,6,8,11,15,20H,2,4-5,7,9H2,1H3. The number of rotatable bonds is 5. The first kappa shape index (κ1) is 16.0. The molecule has 1 unspecified atom stereocenters. The predicted molar refractivity (Wildman–Crippen MR) is 79.3 cm³/mol. The van der Waals surface area contributed by atoms with Gasteiger partial charge in [0.25, 0.3) is 6.23 Å². The van der Waals surface area contributed by atoms with Gasteiger partial charge in [-0.05, 0) is 37.0 Å². The van der Waals surface area contributed by atoms with Crippen molar-refractivity contribution >= 4 is 11.6 Å². The number of benzene rings is 1. The first-order valence-electron chi connectivity index (χ1n) is 7.81. The molecule has 1 heterocycles. The number of carbonyl (C=O) groups is 1. The van der Waals surface area contributed by atoms with Crippen LogP contribution in [0.15, 0.2) is 18.2 Å². The van der Waals surface area contributed by atoms with Crippen molar-refractivity contribution in [2.24, 2.45) is 0 Å². The van der Waals surface area contributed by atoms with Gasteiger partial charge in [-0.15, -0.1) is 0 Å². The Kier molecular flexibility index (Phi) is 4.12. The minimum absolute atomic E-state index is 0.0210. The Morgan fingerprint density at radius 1 is 1.39 bits per heavy atom. The van der Waals surface area contributed by atoms with Crippen LogP contribution >= 0.6 is 0 Å². The van der Waals surface area contributed by atoms with E-state index in [-0.39, 0.29) is 18.1 Å². The van der Waals surface area contributed by atoms with Crippen LogP contribution in [0.1, 0.15) is 31.7 Å². The second-order valence-corrected chi connectivity index (χ2v) is 6.01. The van der Waals surface area contributed by atoms with E-state index in [0.717, 1.165) is 25.8 Å². The molecule has 1 amide bonds. The lowest BCUT2D eigenvalue weighted by Gasteiger charge is -2.21.